The first-order chi connectivity index (χ1) is 19.0. The molecule has 2 aromatic heterocycles. The second-order valence-corrected chi connectivity index (χ2v) is 9.41. The molecule has 3 N–H and O–H groups in total. The molecule has 3 heterocycles. The van der Waals surface area contributed by atoms with Gasteiger partial charge < -0.3 is 20.7 Å². The van der Waals surface area contributed by atoms with E-state index >= 15 is 0 Å². The van der Waals surface area contributed by atoms with Crippen molar-refractivity contribution in [2.24, 2.45) is 0 Å². The van der Waals surface area contributed by atoms with Crippen LogP contribution in [0.15, 0.2) is 67.0 Å². The molecule has 1 saturated heterocycles. The highest BCUT2D eigenvalue weighted by Crippen LogP contribution is 2.34. The lowest BCUT2D eigenvalue weighted by Gasteiger charge is -2.32. The first kappa shape index (κ1) is 25.9. The minimum absolute atomic E-state index is 0.00131. The lowest BCUT2D eigenvalue weighted by molar-refractivity contribution is -0.127. The average Bonchev–Trinajstić information content (AvgIpc) is 3.37. The molecule has 2 amide bonds. The molecule has 39 heavy (non-hydrogen) atoms. The number of amides is 2. The fraction of sp³-hybridized carbons (Fsp3) is 0.276. The van der Waals surface area contributed by atoms with Crippen molar-refractivity contribution in [2.45, 2.75) is 32.4 Å². The summed E-state index contributed by atoms with van der Waals surface area (Å²) in [5, 5.41) is 8.57. The summed E-state index contributed by atoms with van der Waals surface area (Å²) >= 11 is 0. The summed E-state index contributed by atoms with van der Waals surface area (Å²) in [6.45, 7) is 3.47. The van der Waals surface area contributed by atoms with Gasteiger partial charge in [-0.25, -0.2) is 14.6 Å². The van der Waals surface area contributed by atoms with Gasteiger partial charge in [0.25, 0.3) is 5.91 Å². The molecule has 0 saturated carbocycles. The van der Waals surface area contributed by atoms with Gasteiger partial charge in [0.05, 0.1) is 24.1 Å². The number of carbonyl (C=O) groups is 2. The molecule has 5 rings (SSSR count). The number of nitrogens with two attached hydrogens (primary N) is 1. The summed E-state index contributed by atoms with van der Waals surface area (Å²) in [4.78, 5) is 35.7. The van der Waals surface area contributed by atoms with Crippen LogP contribution in [0.3, 0.4) is 0 Å². The lowest BCUT2D eigenvalue weighted by atomic mass is 10.1. The third-order valence-corrected chi connectivity index (χ3v) is 6.91. The molecule has 10 heteroatoms. The van der Waals surface area contributed by atoms with Crippen molar-refractivity contribution in [1.29, 1.82) is 0 Å². The predicted octanol–water partition coefficient (Wildman–Crippen LogP) is 3.75. The van der Waals surface area contributed by atoms with E-state index in [1.807, 2.05) is 46.8 Å². The molecule has 1 atom stereocenters. The summed E-state index contributed by atoms with van der Waals surface area (Å²) in [6.07, 6.45) is 6.55. The van der Waals surface area contributed by atoms with Crippen LogP contribution >= 0.6 is 0 Å². The molecule has 1 aliphatic rings. The van der Waals surface area contributed by atoms with Crippen LogP contribution < -0.4 is 15.8 Å². The zero-order valence-electron chi connectivity index (χ0n) is 22.0. The van der Waals surface area contributed by atoms with Crippen LogP contribution in [0.25, 0.3) is 22.3 Å². The van der Waals surface area contributed by atoms with Crippen molar-refractivity contribution in [3.8, 4) is 17.0 Å². The van der Waals surface area contributed by atoms with Gasteiger partial charge >= 0.3 is 0 Å². The van der Waals surface area contributed by atoms with E-state index in [1.165, 1.54) is 6.33 Å². The Balaban J connectivity index is 1.38. The van der Waals surface area contributed by atoms with Crippen LogP contribution in [0.5, 0.6) is 5.75 Å². The van der Waals surface area contributed by atoms with Crippen LogP contribution in [0.1, 0.15) is 41.7 Å². The molecule has 2 aromatic carbocycles. The SMILES string of the molecule is C/C=C/C(=O)N1CCC[C@@H](n2nc(-c3ccc(CNC(=O)c4ccccc4OC)cc3)c3c(N)ncnc32)C1. The second kappa shape index (κ2) is 11.3. The lowest BCUT2D eigenvalue weighted by Crippen LogP contribution is -2.40. The Hall–Kier alpha value is -4.73. The Labute approximate surface area is 226 Å². The van der Waals surface area contributed by atoms with Crippen molar-refractivity contribution in [3.63, 3.8) is 0 Å². The maximum Gasteiger partial charge on any atom is 0.255 e. The Morgan fingerprint density at radius 3 is 2.72 bits per heavy atom. The van der Waals surface area contributed by atoms with E-state index in [0.717, 1.165) is 30.5 Å². The van der Waals surface area contributed by atoms with Gasteiger partial charge in [-0.15, -0.1) is 0 Å². The fourth-order valence-corrected chi connectivity index (χ4v) is 4.94. The largest absolute Gasteiger partial charge is 0.496 e. The summed E-state index contributed by atoms with van der Waals surface area (Å²) in [7, 11) is 1.54. The Morgan fingerprint density at radius 2 is 1.95 bits per heavy atom. The third-order valence-electron chi connectivity index (χ3n) is 6.91. The molecule has 200 valence electrons. The number of aromatic nitrogens is 4. The van der Waals surface area contributed by atoms with Crippen LogP contribution in [0.4, 0.5) is 5.82 Å². The quantitative estimate of drug-likeness (QED) is 0.352. The molecule has 0 spiro atoms. The summed E-state index contributed by atoms with van der Waals surface area (Å²) in [6, 6.07) is 14.9. The van der Waals surface area contributed by atoms with E-state index in [9.17, 15) is 9.59 Å². The van der Waals surface area contributed by atoms with Crippen LogP contribution in [-0.2, 0) is 11.3 Å². The Kier molecular flexibility index (Phi) is 7.53. The number of likely N-dealkylation sites (tertiary alicyclic amines) is 1. The molecule has 1 fully saturated rings. The van der Waals surface area contributed by atoms with Crippen LogP contribution in [0.2, 0.25) is 0 Å². The van der Waals surface area contributed by atoms with E-state index in [0.29, 0.717) is 46.9 Å². The number of hydrogen-bond acceptors (Lipinski definition) is 7. The second-order valence-electron chi connectivity index (χ2n) is 9.41. The van der Waals surface area contributed by atoms with Crippen molar-refractivity contribution in [1.82, 2.24) is 30.0 Å². The maximum absolute atomic E-state index is 12.7. The number of anilines is 1. The highest BCUT2D eigenvalue weighted by molar-refractivity contribution is 5.98. The molecular weight excluding hydrogens is 494 g/mol. The number of benzene rings is 2. The van der Waals surface area contributed by atoms with E-state index in [2.05, 4.69) is 15.3 Å². The first-order valence-corrected chi connectivity index (χ1v) is 12.9. The van der Waals surface area contributed by atoms with Gasteiger partial charge in [0.15, 0.2) is 5.65 Å². The van der Waals surface area contributed by atoms with E-state index in [1.54, 1.807) is 37.5 Å². The number of nitrogens with one attached hydrogen (secondary N) is 1. The normalized spacial score (nSPS) is 15.5. The van der Waals surface area contributed by atoms with Crippen molar-refractivity contribution < 1.29 is 14.3 Å². The van der Waals surface area contributed by atoms with Gasteiger partial charge in [-0.2, -0.15) is 5.10 Å². The Morgan fingerprint density at radius 1 is 1.15 bits per heavy atom. The summed E-state index contributed by atoms with van der Waals surface area (Å²) in [5.41, 5.74) is 9.91. The third kappa shape index (κ3) is 5.31. The minimum Gasteiger partial charge on any atom is -0.496 e. The van der Waals surface area contributed by atoms with Gasteiger partial charge in [0, 0.05) is 25.2 Å². The van der Waals surface area contributed by atoms with Gasteiger partial charge in [0.2, 0.25) is 5.91 Å². The molecule has 10 nitrogen and oxygen atoms in total. The van der Waals surface area contributed by atoms with E-state index < -0.39 is 0 Å². The van der Waals surface area contributed by atoms with Crippen molar-refractivity contribution >= 4 is 28.7 Å². The number of nitrogen functional groups attached to an aromatic ring is 1. The number of fused-ring (bicyclic) bond motifs is 1. The summed E-state index contributed by atoms with van der Waals surface area (Å²) in [5.74, 6) is 0.675. The number of rotatable bonds is 7. The molecular formula is C29H31N7O3. The number of para-hydroxylation sites is 1. The first-order valence-electron chi connectivity index (χ1n) is 12.9. The number of allylic oxidation sites excluding steroid dienone is 1. The zero-order chi connectivity index (χ0) is 27.4. The molecule has 4 aromatic rings. The average molecular weight is 526 g/mol. The van der Waals surface area contributed by atoms with Crippen molar-refractivity contribution in [2.75, 3.05) is 25.9 Å². The van der Waals surface area contributed by atoms with Gasteiger partial charge in [-0.3, -0.25) is 9.59 Å². The topological polar surface area (TPSA) is 128 Å². The molecule has 0 unspecified atom stereocenters. The monoisotopic (exact) mass is 525 g/mol. The standard InChI is InChI=1S/C29H31N7O3/c1-3-7-24(37)35-15-6-8-21(17-35)36-28-25(27(30)32-18-33-28)26(34-36)20-13-11-19(12-14-20)16-31-29(38)22-9-4-5-10-23(22)39-2/h3-5,7,9-14,18,21H,6,8,15-17H2,1-2H3,(H,31,38)(H2,30,32,33)/b7-3+/t21-/m1/s1. The van der Waals surface area contributed by atoms with Gasteiger partial charge in [0.1, 0.15) is 23.6 Å². The van der Waals surface area contributed by atoms with E-state index in [4.69, 9.17) is 15.6 Å². The maximum atomic E-state index is 12.7. The molecule has 0 radical (unpaired) electrons. The van der Waals surface area contributed by atoms with Crippen molar-refractivity contribution in [3.05, 3.63) is 78.1 Å². The highest BCUT2D eigenvalue weighted by Gasteiger charge is 2.28. The van der Waals surface area contributed by atoms with Crippen LogP contribution in [0, 0.1) is 0 Å². The molecule has 0 bridgehead atoms. The fourth-order valence-electron chi connectivity index (χ4n) is 4.94. The van der Waals surface area contributed by atoms with Gasteiger partial charge in [-0.05, 0) is 43.5 Å². The zero-order valence-corrected chi connectivity index (χ0v) is 22.0. The predicted molar refractivity (Wildman–Crippen MR) is 149 cm³/mol. The molecule has 0 aliphatic carbocycles. The smallest absolute Gasteiger partial charge is 0.255 e. The number of nitrogens with zero attached hydrogens (tertiary/aromatic N) is 5. The number of piperidine rings is 1. The number of hydrogen-bond donors (Lipinski definition) is 2. The molecule has 1 aliphatic heterocycles. The number of methoxy groups -OCH3 is 1. The van der Waals surface area contributed by atoms with Crippen LogP contribution in [-0.4, -0.2) is 56.7 Å². The highest BCUT2D eigenvalue weighted by atomic mass is 16.5. The number of ether oxygens (including phenoxy) is 1. The summed E-state index contributed by atoms with van der Waals surface area (Å²) < 4.78 is 7.18. The minimum atomic E-state index is -0.208. The van der Waals surface area contributed by atoms with E-state index in [-0.39, 0.29) is 17.9 Å². The Bertz CT molecular complexity index is 1530. The van der Waals surface area contributed by atoms with Gasteiger partial charge in [-0.1, -0.05) is 42.5 Å². The number of carbonyl (C=O) groups excluding carboxylic acids is 2.